The number of nitrogens with zero attached hydrogens (tertiary/aromatic N) is 2. The Morgan fingerprint density at radius 1 is 0.406 bits per heavy atom. The smallest absolute Gasteiger partial charge is 0.326 e. The van der Waals surface area contributed by atoms with E-state index in [1.165, 1.54) is 225 Å². The van der Waals surface area contributed by atoms with Gasteiger partial charge in [-0.25, -0.2) is 0 Å². The molecule has 0 aliphatic carbocycles. The first kappa shape index (κ1) is 63.0. The summed E-state index contributed by atoms with van der Waals surface area (Å²) in [5.74, 6) is 0.216. The van der Waals surface area contributed by atoms with Gasteiger partial charge < -0.3 is 24.9 Å². The Balaban J connectivity index is 4.18. The van der Waals surface area contributed by atoms with Crippen LogP contribution in [0, 0.1) is 0 Å². The van der Waals surface area contributed by atoms with Crippen LogP contribution in [0.15, 0.2) is 24.3 Å². The predicted molar refractivity (Wildman–Crippen MR) is 283 cm³/mol. The molecule has 380 valence electrons. The van der Waals surface area contributed by atoms with Crippen molar-refractivity contribution >= 4 is 13.5 Å². The molecular weight excluding hydrogens is 810 g/mol. The largest absolute Gasteiger partial charge is 0.355 e. The highest BCUT2D eigenvalue weighted by Gasteiger charge is 2.15. The zero-order valence-electron chi connectivity index (χ0n) is 43.3. The van der Waals surface area contributed by atoms with Crippen LogP contribution in [-0.2, 0) is 9.36 Å². The third-order valence-electron chi connectivity index (χ3n) is 13.2. The summed E-state index contributed by atoms with van der Waals surface area (Å²) in [6, 6.07) is 0. The molecule has 0 saturated carbocycles. The van der Waals surface area contributed by atoms with Crippen molar-refractivity contribution in [2.45, 2.75) is 278 Å². The standard InChI is InChI=1S/C56H112N3O4P/c1-4-7-10-13-16-19-22-23-24-25-26-27-30-35-40-45-51-59(54-55-64(61,62)63)52-46-41-36-31-32-37-42-47-56(60)57-48-53-58(49-43-38-33-28-20-17-14-11-8-5-2)50-44-39-34-29-21-18-15-12-9-6-3/h16,19,23-24H,4-15,17-18,20-22,25-55H2,1-3H3,(H,57,60)(H2,61,62,63)/b19-16-,24-23-. The molecule has 0 unspecified atom stereocenters. The van der Waals surface area contributed by atoms with Gasteiger partial charge in [-0.1, -0.05) is 231 Å². The molecule has 0 bridgehead atoms. The number of hydrogen-bond donors (Lipinski definition) is 3. The lowest BCUT2D eigenvalue weighted by Gasteiger charge is -2.22. The molecule has 0 atom stereocenters. The highest BCUT2D eigenvalue weighted by atomic mass is 31.2. The van der Waals surface area contributed by atoms with E-state index in [-0.39, 0.29) is 12.1 Å². The number of rotatable bonds is 53. The Morgan fingerprint density at radius 3 is 1.11 bits per heavy atom. The van der Waals surface area contributed by atoms with Crippen LogP contribution in [0.4, 0.5) is 0 Å². The van der Waals surface area contributed by atoms with Gasteiger partial charge in [0.1, 0.15) is 0 Å². The summed E-state index contributed by atoms with van der Waals surface area (Å²) in [5.41, 5.74) is 0. The molecular formula is C56H112N3O4P. The Kier molecular flexibility index (Phi) is 50.6. The zero-order chi connectivity index (χ0) is 46.7. The van der Waals surface area contributed by atoms with Crippen molar-refractivity contribution in [3.05, 3.63) is 24.3 Å². The summed E-state index contributed by atoms with van der Waals surface area (Å²) < 4.78 is 11.6. The summed E-state index contributed by atoms with van der Waals surface area (Å²) in [6.45, 7) is 13.3. The fourth-order valence-corrected chi connectivity index (χ4v) is 9.40. The van der Waals surface area contributed by atoms with Crippen molar-refractivity contribution in [1.29, 1.82) is 0 Å². The average Bonchev–Trinajstić information content (AvgIpc) is 3.27. The van der Waals surface area contributed by atoms with Crippen LogP contribution in [0.1, 0.15) is 278 Å². The number of unbranched alkanes of at least 4 members (excludes halogenated alkanes) is 33. The predicted octanol–water partition coefficient (Wildman–Crippen LogP) is 16.7. The molecule has 8 heteroatoms. The first-order chi connectivity index (χ1) is 31.3. The molecule has 0 aromatic rings. The minimum atomic E-state index is -3.98. The van der Waals surface area contributed by atoms with Crippen molar-refractivity contribution < 1.29 is 19.1 Å². The van der Waals surface area contributed by atoms with Gasteiger partial charge in [0, 0.05) is 26.1 Å². The van der Waals surface area contributed by atoms with Crippen LogP contribution >= 0.6 is 7.60 Å². The van der Waals surface area contributed by atoms with Gasteiger partial charge in [0.25, 0.3) is 0 Å². The van der Waals surface area contributed by atoms with Gasteiger partial charge in [-0.15, -0.1) is 0 Å². The van der Waals surface area contributed by atoms with Gasteiger partial charge in [-0.05, 0) is 90.4 Å². The van der Waals surface area contributed by atoms with E-state index < -0.39 is 7.60 Å². The molecule has 0 saturated heterocycles. The van der Waals surface area contributed by atoms with E-state index in [1.54, 1.807) is 0 Å². The topological polar surface area (TPSA) is 93.1 Å². The van der Waals surface area contributed by atoms with E-state index in [0.717, 1.165) is 64.7 Å². The summed E-state index contributed by atoms with van der Waals surface area (Å²) in [5, 5.41) is 3.25. The molecule has 0 fully saturated rings. The number of nitrogens with one attached hydrogen (secondary N) is 1. The summed E-state index contributed by atoms with van der Waals surface area (Å²) >= 11 is 0. The van der Waals surface area contributed by atoms with Gasteiger partial charge in [-0.2, -0.15) is 0 Å². The molecule has 1 amide bonds. The lowest BCUT2D eigenvalue weighted by Crippen LogP contribution is -2.36. The van der Waals surface area contributed by atoms with Crippen molar-refractivity contribution in [3.8, 4) is 0 Å². The number of allylic oxidation sites excluding steroid dienone is 4. The maximum atomic E-state index is 12.7. The highest BCUT2D eigenvalue weighted by Crippen LogP contribution is 2.33. The molecule has 0 aliphatic rings. The fraction of sp³-hybridized carbons (Fsp3) is 0.911. The molecule has 0 spiro atoms. The van der Waals surface area contributed by atoms with E-state index in [0.29, 0.717) is 13.0 Å². The number of carbonyl (C=O) groups excluding carboxylic acids is 1. The van der Waals surface area contributed by atoms with Crippen LogP contribution in [0.3, 0.4) is 0 Å². The molecule has 3 N–H and O–H groups in total. The van der Waals surface area contributed by atoms with Crippen LogP contribution in [0.2, 0.25) is 0 Å². The minimum absolute atomic E-state index is 0.0419. The second-order valence-electron chi connectivity index (χ2n) is 19.6. The molecule has 0 aromatic carbocycles. The average molecular weight is 923 g/mol. The molecule has 0 heterocycles. The Labute approximate surface area is 400 Å². The molecule has 0 aromatic heterocycles. The van der Waals surface area contributed by atoms with Crippen molar-refractivity contribution in [2.24, 2.45) is 0 Å². The van der Waals surface area contributed by atoms with E-state index in [1.807, 2.05) is 0 Å². The normalized spacial score (nSPS) is 12.3. The van der Waals surface area contributed by atoms with E-state index in [4.69, 9.17) is 0 Å². The molecule has 7 nitrogen and oxygen atoms in total. The number of hydrogen-bond acceptors (Lipinski definition) is 4. The Morgan fingerprint density at radius 2 is 0.719 bits per heavy atom. The summed E-state index contributed by atoms with van der Waals surface area (Å²) in [4.78, 5) is 36.6. The van der Waals surface area contributed by atoms with Crippen LogP contribution in [0.5, 0.6) is 0 Å². The monoisotopic (exact) mass is 922 g/mol. The third-order valence-corrected chi connectivity index (χ3v) is 13.9. The van der Waals surface area contributed by atoms with E-state index >= 15 is 0 Å². The maximum absolute atomic E-state index is 12.7. The van der Waals surface area contributed by atoms with Gasteiger partial charge in [0.2, 0.25) is 5.91 Å². The fourth-order valence-electron chi connectivity index (χ4n) is 8.86. The van der Waals surface area contributed by atoms with E-state index in [9.17, 15) is 19.1 Å². The highest BCUT2D eigenvalue weighted by molar-refractivity contribution is 7.51. The van der Waals surface area contributed by atoms with Gasteiger partial charge in [0.15, 0.2) is 0 Å². The van der Waals surface area contributed by atoms with Gasteiger partial charge >= 0.3 is 7.60 Å². The first-order valence-electron chi connectivity index (χ1n) is 28.4. The second kappa shape index (κ2) is 51.4. The van der Waals surface area contributed by atoms with Crippen molar-refractivity contribution in [2.75, 3.05) is 52.0 Å². The summed E-state index contributed by atoms with van der Waals surface area (Å²) in [6.07, 6.45) is 60.0. The molecule has 64 heavy (non-hydrogen) atoms. The number of amides is 1. The maximum Gasteiger partial charge on any atom is 0.326 e. The van der Waals surface area contributed by atoms with Crippen molar-refractivity contribution in [1.82, 2.24) is 15.1 Å². The van der Waals surface area contributed by atoms with Gasteiger partial charge in [0.05, 0.1) is 6.16 Å². The first-order valence-corrected chi connectivity index (χ1v) is 30.2. The molecule has 0 radical (unpaired) electrons. The molecule has 0 rings (SSSR count). The van der Waals surface area contributed by atoms with Crippen LogP contribution in [-0.4, -0.2) is 77.5 Å². The van der Waals surface area contributed by atoms with Crippen molar-refractivity contribution in [3.63, 3.8) is 0 Å². The van der Waals surface area contributed by atoms with Crippen LogP contribution in [0.25, 0.3) is 0 Å². The lowest BCUT2D eigenvalue weighted by molar-refractivity contribution is -0.121. The van der Waals surface area contributed by atoms with E-state index in [2.05, 4.69) is 60.2 Å². The second-order valence-corrected chi connectivity index (χ2v) is 21.4. The van der Waals surface area contributed by atoms with Crippen LogP contribution < -0.4 is 5.32 Å². The van der Waals surface area contributed by atoms with Gasteiger partial charge in [-0.3, -0.25) is 9.36 Å². The Hall–Kier alpha value is -0.980. The quantitative estimate of drug-likeness (QED) is 0.0320. The SMILES string of the molecule is CCCCC/C=C\C/C=C\CCCCCCCCN(CCCCCCCCCC(=O)NCCN(CCCCCCCCCCCC)CCCCCCCCCCCC)CCP(=O)(O)O. The third kappa shape index (κ3) is 52.0. The molecule has 0 aliphatic heterocycles. The minimum Gasteiger partial charge on any atom is -0.355 e. The Bertz CT molecular complexity index is 1030. The zero-order valence-corrected chi connectivity index (χ0v) is 44.2. The summed E-state index contributed by atoms with van der Waals surface area (Å²) in [7, 11) is -3.98. The number of carbonyl (C=O) groups is 1. The lowest BCUT2D eigenvalue weighted by atomic mass is 10.1.